The van der Waals surface area contributed by atoms with Gasteiger partial charge < -0.3 is 16.4 Å². The van der Waals surface area contributed by atoms with Gasteiger partial charge in [-0.2, -0.15) is 5.10 Å². The number of nitrogen functional groups attached to an aromatic ring is 1. The summed E-state index contributed by atoms with van der Waals surface area (Å²) >= 11 is 0. The predicted molar refractivity (Wildman–Crippen MR) is 122 cm³/mol. The van der Waals surface area contributed by atoms with Gasteiger partial charge in [-0.3, -0.25) is 14.6 Å². The van der Waals surface area contributed by atoms with Crippen molar-refractivity contribution in [1.82, 2.24) is 21.0 Å². The van der Waals surface area contributed by atoms with E-state index in [1.807, 2.05) is 30.6 Å². The highest BCUT2D eigenvalue weighted by Gasteiger charge is 2.21. The molecule has 1 aromatic heterocycles. The van der Waals surface area contributed by atoms with Crippen LogP contribution in [0.25, 0.3) is 5.57 Å². The summed E-state index contributed by atoms with van der Waals surface area (Å²) in [6.45, 7) is 4.26. The third-order valence-corrected chi connectivity index (χ3v) is 4.48. The summed E-state index contributed by atoms with van der Waals surface area (Å²) < 4.78 is 0. The Kier molecular flexibility index (Phi) is 7.31. The molecule has 2 aliphatic rings. The van der Waals surface area contributed by atoms with Gasteiger partial charge in [0, 0.05) is 41.7 Å². The number of anilines is 1. The summed E-state index contributed by atoms with van der Waals surface area (Å²) in [4.78, 5) is 28.7. The molecule has 0 bridgehead atoms. The molecule has 0 unspecified atom stereocenters. The van der Waals surface area contributed by atoms with Crippen LogP contribution in [0.5, 0.6) is 0 Å². The zero-order chi connectivity index (χ0) is 22.1. The minimum Gasteiger partial charge on any atom is -0.398 e. The molecule has 0 atom stereocenters. The van der Waals surface area contributed by atoms with E-state index < -0.39 is 5.91 Å². The Morgan fingerprint density at radius 3 is 2.68 bits per heavy atom. The van der Waals surface area contributed by atoms with E-state index in [2.05, 4.69) is 44.9 Å². The van der Waals surface area contributed by atoms with Gasteiger partial charge in [0.2, 0.25) is 0 Å². The van der Waals surface area contributed by atoms with Crippen LogP contribution in [-0.2, 0) is 6.42 Å². The number of amides is 2. The fourth-order valence-corrected chi connectivity index (χ4v) is 2.99. The molecule has 158 valence electrons. The van der Waals surface area contributed by atoms with E-state index in [0.717, 1.165) is 12.1 Å². The molecule has 0 saturated heterocycles. The predicted octanol–water partition coefficient (Wildman–Crippen LogP) is 2.39. The van der Waals surface area contributed by atoms with Crippen molar-refractivity contribution in [1.29, 1.82) is 0 Å². The summed E-state index contributed by atoms with van der Waals surface area (Å²) in [5, 5.41) is 9.49. The van der Waals surface area contributed by atoms with Crippen LogP contribution in [0.4, 0.5) is 5.69 Å². The van der Waals surface area contributed by atoms with Gasteiger partial charge in [-0.05, 0) is 48.7 Å². The van der Waals surface area contributed by atoms with E-state index in [4.69, 9.17) is 5.73 Å². The van der Waals surface area contributed by atoms with Crippen molar-refractivity contribution in [3.63, 3.8) is 0 Å². The molecule has 0 aliphatic carbocycles. The molecule has 0 radical (unpaired) electrons. The number of carbonyl (C=O) groups is 2. The number of hydrogen-bond acceptors (Lipinski definition) is 6. The van der Waals surface area contributed by atoms with Gasteiger partial charge in [0.15, 0.2) is 0 Å². The molecule has 2 aliphatic heterocycles. The molecule has 4 rings (SSSR count). The number of nitrogens with two attached hydrogens (primary N) is 1. The van der Waals surface area contributed by atoms with Gasteiger partial charge in [-0.25, -0.2) is 5.43 Å². The Hall–Kier alpha value is -4.20. The van der Waals surface area contributed by atoms with Crippen LogP contribution in [0.3, 0.4) is 0 Å². The second-order valence-corrected chi connectivity index (χ2v) is 6.75. The average Bonchev–Trinajstić information content (AvgIpc) is 2.94. The highest BCUT2D eigenvalue weighted by atomic mass is 16.2. The minimum atomic E-state index is -0.431. The summed E-state index contributed by atoms with van der Waals surface area (Å²) in [5.41, 5.74) is 11.2. The third kappa shape index (κ3) is 5.89. The molecule has 2 aromatic rings. The van der Waals surface area contributed by atoms with Crippen LogP contribution in [-0.4, -0.2) is 29.6 Å². The maximum Gasteiger partial charge on any atom is 0.272 e. The monoisotopic (exact) mass is 416 g/mol. The zero-order valence-corrected chi connectivity index (χ0v) is 17.0. The number of benzene rings is 1. The van der Waals surface area contributed by atoms with Crippen molar-refractivity contribution in [2.75, 3.05) is 12.3 Å². The van der Waals surface area contributed by atoms with Crippen LogP contribution >= 0.6 is 0 Å². The Morgan fingerprint density at radius 2 is 2.03 bits per heavy atom. The minimum absolute atomic E-state index is 0.275. The number of fused-ring (bicyclic) bond motifs is 1. The quantitative estimate of drug-likeness (QED) is 0.570. The first-order valence-electron chi connectivity index (χ1n) is 9.76. The molecule has 8 nitrogen and oxygen atoms in total. The number of nitrogens with zero attached hydrogens (tertiary/aromatic N) is 2. The molecule has 0 saturated carbocycles. The van der Waals surface area contributed by atoms with Gasteiger partial charge in [0.1, 0.15) is 0 Å². The molecule has 2 amide bonds. The second-order valence-electron chi connectivity index (χ2n) is 6.75. The van der Waals surface area contributed by atoms with Crippen LogP contribution in [0.1, 0.15) is 38.4 Å². The number of dihydropyridines is 1. The molecule has 3 heterocycles. The topological polar surface area (TPSA) is 122 Å². The lowest BCUT2D eigenvalue weighted by molar-refractivity contribution is 0.0953. The smallest absolute Gasteiger partial charge is 0.272 e. The van der Waals surface area contributed by atoms with Crippen LogP contribution in [0.15, 0.2) is 72.8 Å². The van der Waals surface area contributed by atoms with E-state index >= 15 is 0 Å². The average molecular weight is 416 g/mol. The summed E-state index contributed by atoms with van der Waals surface area (Å²) in [6.07, 6.45) is 12.8. The summed E-state index contributed by atoms with van der Waals surface area (Å²) in [7, 11) is 0. The van der Waals surface area contributed by atoms with E-state index in [0.29, 0.717) is 35.4 Å². The molecule has 0 fully saturated rings. The van der Waals surface area contributed by atoms with Crippen molar-refractivity contribution >= 4 is 29.3 Å². The molecular formula is C23H24N6O2. The van der Waals surface area contributed by atoms with E-state index in [1.54, 1.807) is 6.20 Å². The standard InChI is InChI=1S/C18H17N5O2.C5H7N/c1-11-10-22-23-18(25)14-8-12(9-15(19)16(11)14)17(24)21-7-5-13-4-2-3-6-20-13;1-2-4-6-5-3-1/h2-4,6,8-10H,1,5,7,19H2,(H,21,24)(H,23,25);2-6H,1H2. The normalized spacial score (nSPS) is 13.8. The lowest BCUT2D eigenvalue weighted by atomic mass is 9.96. The lowest BCUT2D eigenvalue weighted by Gasteiger charge is -2.12. The maximum atomic E-state index is 12.4. The number of aromatic nitrogens is 1. The SMILES string of the molecule is C1=CNC=CC1.C=C1C=NNC(=O)c2cc(C(=O)NCCc3ccccn3)cc(N)c21. The van der Waals surface area contributed by atoms with Gasteiger partial charge in [-0.1, -0.05) is 24.8 Å². The Balaban J connectivity index is 0.000000391. The Morgan fingerprint density at radius 1 is 1.23 bits per heavy atom. The number of nitrogens with one attached hydrogen (secondary N) is 3. The Labute approximate surface area is 180 Å². The first-order chi connectivity index (χ1) is 15.1. The number of rotatable bonds is 4. The highest BCUT2D eigenvalue weighted by Crippen LogP contribution is 2.27. The first-order valence-corrected chi connectivity index (χ1v) is 9.76. The number of hydrogen-bond donors (Lipinski definition) is 4. The number of carbonyl (C=O) groups excluding carboxylic acids is 2. The zero-order valence-electron chi connectivity index (χ0n) is 17.0. The molecule has 1 aromatic carbocycles. The fraction of sp³-hybridized carbons (Fsp3) is 0.130. The summed E-state index contributed by atoms with van der Waals surface area (Å²) in [5.74, 6) is -0.742. The van der Waals surface area contributed by atoms with Gasteiger partial charge >= 0.3 is 0 Å². The van der Waals surface area contributed by atoms with Gasteiger partial charge in [-0.15, -0.1) is 0 Å². The molecular weight excluding hydrogens is 392 g/mol. The van der Waals surface area contributed by atoms with Crippen molar-refractivity contribution in [3.8, 4) is 0 Å². The Bertz CT molecular complexity index is 1040. The fourth-order valence-electron chi connectivity index (χ4n) is 2.99. The first kappa shape index (κ1) is 21.5. The second kappa shape index (κ2) is 10.5. The van der Waals surface area contributed by atoms with Gasteiger partial charge in [0.05, 0.1) is 11.8 Å². The molecule has 31 heavy (non-hydrogen) atoms. The number of hydrazone groups is 1. The maximum absolute atomic E-state index is 12.4. The van der Waals surface area contributed by atoms with Crippen molar-refractivity contribution in [3.05, 3.63) is 90.0 Å². The largest absolute Gasteiger partial charge is 0.398 e. The van der Waals surface area contributed by atoms with Gasteiger partial charge in [0.25, 0.3) is 11.8 Å². The van der Waals surface area contributed by atoms with E-state index in [9.17, 15) is 9.59 Å². The van der Waals surface area contributed by atoms with Crippen molar-refractivity contribution in [2.24, 2.45) is 5.10 Å². The van der Waals surface area contributed by atoms with Crippen LogP contribution in [0.2, 0.25) is 0 Å². The van der Waals surface area contributed by atoms with E-state index in [1.165, 1.54) is 18.3 Å². The number of pyridine rings is 1. The van der Waals surface area contributed by atoms with Crippen LogP contribution < -0.4 is 21.8 Å². The van der Waals surface area contributed by atoms with Crippen LogP contribution in [0, 0.1) is 0 Å². The molecule has 5 N–H and O–H groups in total. The van der Waals surface area contributed by atoms with Crippen molar-refractivity contribution < 1.29 is 9.59 Å². The molecule has 0 spiro atoms. The molecule has 8 heteroatoms. The lowest BCUT2D eigenvalue weighted by Crippen LogP contribution is -2.27. The summed E-state index contributed by atoms with van der Waals surface area (Å²) in [6, 6.07) is 8.65. The third-order valence-electron chi connectivity index (χ3n) is 4.48. The van der Waals surface area contributed by atoms with E-state index in [-0.39, 0.29) is 11.5 Å². The highest BCUT2D eigenvalue weighted by molar-refractivity contribution is 6.18. The van der Waals surface area contributed by atoms with Crippen molar-refractivity contribution in [2.45, 2.75) is 12.8 Å². The number of allylic oxidation sites excluding steroid dienone is 3.